The molecule has 0 aliphatic rings. The average molecular weight is 488 g/mol. The Morgan fingerprint density at radius 2 is 1.09 bits per heavy atom. The van der Waals surface area contributed by atoms with Crippen molar-refractivity contribution in [2.45, 2.75) is 105 Å². The van der Waals surface area contributed by atoms with Gasteiger partial charge < -0.3 is 14.7 Å². The Morgan fingerprint density at radius 1 is 0.676 bits per heavy atom. The highest BCUT2D eigenvalue weighted by Crippen LogP contribution is 2.49. The zero-order valence-corrected chi connectivity index (χ0v) is 24.5. The van der Waals surface area contributed by atoms with Crippen LogP contribution in [-0.2, 0) is 26.2 Å². The van der Waals surface area contributed by atoms with E-state index in [9.17, 15) is 9.46 Å². The van der Waals surface area contributed by atoms with Crippen LogP contribution in [0.3, 0.4) is 0 Å². The molecule has 2 rings (SSSR count). The Balaban J connectivity index is 2.86. The average Bonchev–Trinajstić information content (AvgIpc) is 2.58. The van der Waals surface area contributed by atoms with Gasteiger partial charge in [-0.1, -0.05) is 95.2 Å². The van der Waals surface area contributed by atoms with Gasteiger partial charge in [0.05, 0.1) is 5.69 Å². The highest BCUT2D eigenvalue weighted by atomic mass is 31.2. The summed E-state index contributed by atoms with van der Waals surface area (Å²) in [4.78, 5) is 10.2. The molecule has 0 spiro atoms. The van der Waals surface area contributed by atoms with Crippen LogP contribution in [0, 0.1) is 0 Å². The third kappa shape index (κ3) is 7.36. The summed E-state index contributed by atoms with van der Waals surface area (Å²) in [6.07, 6.45) is 0. The molecule has 0 amide bonds. The van der Waals surface area contributed by atoms with Crippen molar-refractivity contribution in [3.8, 4) is 5.75 Å². The monoisotopic (exact) mass is 487 g/mol. The second-order valence-corrected chi connectivity index (χ2v) is 15.5. The van der Waals surface area contributed by atoms with Gasteiger partial charge in [-0.15, -0.1) is 0 Å². The molecule has 190 valence electrons. The van der Waals surface area contributed by atoms with Gasteiger partial charge in [0.25, 0.3) is 0 Å². The maximum atomic E-state index is 12.4. The van der Waals surface area contributed by atoms with Crippen LogP contribution in [0.2, 0.25) is 0 Å². The molecule has 0 saturated carbocycles. The van der Waals surface area contributed by atoms with Crippen molar-refractivity contribution in [3.05, 3.63) is 52.6 Å². The van der Waals surface area contributed by atoms with Crippen LogP contribution in [0.25, 0.3) is 0 Å². The number of hydrogen-bond donors (Lipinski definition) is 2. The van der Waals surface area contributed by atoms with Gasteiger partial charge in [0.15, 0.2) is 5.75 Å². The van der Waals surface area contributed by atoms with Gasteiger partial charge in [0, 0.05) is 17.9 Å². The molecule has 0 aromatic heterocycles. The van der Waals surface area contributed by atoms with Gasteiger partial charge in [0.1, 0.15) is 0 Å². The maximum absolute atomic E-state index is 12.4. The molecular weight excluding hydrogens is 441 g/mol. The first-order valence-electron chi connectivity index (χ1n) is 12.1. The first kappa shape index (κ1) is 28.5. The van der Waals surface area contributed by atoms with Crippen LogP contribution in [0.4, 0.5) is 11.4 Å². The van der Waals surface area contributed by atoms with E-state index in [1.165, 1.54) is 17.8 Å². The smallest absolute Gasteiger partial charge is 0.373 e. The number of hydrogen-bond acceptors (Lipinski definition) is 3. The number of nitrogens with one attached hydrogen (secondary N) is 1. The summed E-state index contributed by atoms with van der Waals surface area (Å²) >= 11 is 0. The summed E-state index contributed by atoms with van der Waals surface area (Å²) in [5, 5.41) is 3.59. The lowest BCUT2D eigenvalue weighted by atomic mass is 9.79. The fraction of sp³-hybridized carbons (Fsp3) is 0.586. The second-order valence-electron chi connectivity index (χ2n) is 13.7. The highest BCUT2D eigenvalue weighted by molar-refractivity contribution is 7.52. The Kier molecular flexibility index (Phi) is 7.56. The lowest BCUT2D eigenvalue weighted by Gasteiger charge is -2.30. The van der Waals surface area contributed by atoms with Crippen molar-refractivity contribution in [2.75, 3.05) is 12.0 Å². The fourth-order valence-corrected chi connectivity index (χ4v) is 4.24. The van der Waals surface area contributed by atoms with E-state index in [1.54, 1.807) is 0 Å². The predicted octanol–water partition coefficient (Wildman–Crippen LogP) is 8.81. The van der Waals surface area contributed by atoms with Gasteiger partial charge in [-0.2, -0.15) is 0 Å². The van der Waals surface area contributed by atoms with Gasteiger partial charge >= 0.3 is 7.60 Å². The molecule has 4 nitrogen and oxygen atoms in total. The largest absolute Gasteiger partial charge is 0.422 e. The Hall–Kier alpha value is -1.77. The molecule has 2 aromatic rings. The predicted molar refractivity (Wildman–Crippen MR) is 147 cm³/mol. The first-order valence-corrected chi connectivity index (χ1v) is 14.1. The molecule has 2 aromatic carbocycles. The zero-order valence-electron chi connectivity index (χ0n) is 23.6. The van der Waals surface area contributed by atoms with E-state index in [0.29, 0.717) is 11.4 Å². The lowest BCUT2D eigenvalue weighted by Crippen LogP contribution is -2.19. The van der Waals surface area contributed by atoms with Crippen LogP contribution in [0.1, 0.15) is 105 Å². The Bertz CT molecular complexity index is 1050. The van der Waals surface area contributed by atoms with Gasteiger partial charge in [-0.05, 0) is 56.5 Å². The summed E-state index contributed by atoms with van der Waals surface area (Å²) in [6.45, 7) is 27.3. The van der Waals surface area contributed by atoms with Crippen molar-refractivity contribution in [1.29, 1.82) is 0 Å². The SMILES string of the molecule is CC(C)(C)c1cc(Nc2cc(C(C)(C)C)cc(C(C)(C)C)c2OP(C)(=O)O)cc(C(C)(C)C)c1. The third-order valence-corrected chi connectivity index (χ3v) is 6.49. The normalized spacial score (nSPS) is 15.1. The Labute approximate surface area is 208 Å². The quantitative estimate of drug-likeness (QED) is 0.423. The summed E-state index contributed by atoms with van der Waals surface area (Å²) in [5.41, 5.74) is 5.72. The first-order chi connectivity index (χ1) is 15.0. The van der Waals surface area contributed by atoms with E-state index in [2.05, 4.69) is 119 Å². The molecule has 0 heterocycles. The molecule has 5 heteroatoms. The summed E-state index contributed by atoms with van der Waals surface area (Å²) in [7, 11) is -3.78. The van der Waals surface area contributed by atoms with Crippen LogP contribution in [0.5, 0.6) is 5.75 Å². The molecule has 0 bridgehead atoms. The molecule has 2 N–H and O–H groups in total. The van der Waals surface area contributed by atoms with Crippen LogP contribution >= 0.6 is 7.60 Å². The molecule has 34 heavy (non-hydrogen) atoms. The van der Waals surface area contributed by atoms with Crippen LogP contribution in [0.15, 0.2) is 30.3 Å². The zero-order chi connectivity index (χ0) is 26.5. The van der Waals surface area contributed by atoms with Crippen molar-refractivity contribution < 1.29 is 14.0 Å². The number of benzene rings is 2. The van der Waals surface area contributed by atoms with E-state index < -0.39 is 7.60 Å². The van der Waals surface area contributed by atoms with E-state index in [-0.39, 0.29) is 21.7 Å². The summed E-state index contributed by atoms with van der Waals surface area (Å²) in [5.74, 6) is 0.437. The molecule has 0 aliphatic heterocycles. The van der Waals surface area contributed by atoms with Crippen molar-refractivity contribution in [3.63, 3.8) is 0 Å². The van der Waals surface area contributed by atoms with Crippen molar-refractivity contribution in [1.82, 2.24) is 0 Å². The summed E-state index contributed by atoms with van der Waals surface area (Å²) < 4.78 is 18.2. The van der Waals surface area contributed by atoms with Gasteiger partial charge in [-0.25, -0.2) is 4.57 Å². The van der Waals surface area contributed by atoms with E-state index >= 15 is 0 Å². The Morgan fingerprint density at radius 3 is 1.44 bits per heavy atom. The molecule has 0 fully saturated rings. The number of anilines is 2. The third-order valence-electron chi connectivity index (χ3n) is 5.97. The van der Waals surface area contributed by atoms with Gasteiger partial charge in [0.2, 0.25) is 0 Å². The van der Waals surface area contributed by atoms with Crippen LogP contribution in [-0.4, -0.2) is 11.6 Å². The van der Waals surface area contributed by atoms with E-state index in [0.717, 1.165) is 16.8 Å². The minimum Gasteiger partial charge on any atom is -0.422 e. The highest BCUT2D eigenvalue weighted by Gasteiger charge is 2.29. The lowest BCUT2D eigenvalue weighted by molar-refractivity contribution is 0.382. The molecule has 1 atom stereocenters. The standard InChI is InChI=1S/C29H46NO3P/c1-26(2,3)19-14-20(27(4,5)6)16-22(15-19)30-24-18-21(28(7,8)9)17-23(29(10,11)12)25(24)33-34(13,31)32/h14-18,30H,1-13H3,(H,31,32). The molecule has 0 radical (unpaired) electrons. The molecule has 0 aliphatic carbocycles. The van der Waals surface area contributed by atoms with Crippen LogP contribution < -0.4 is 9.84 Å². The number of rotatable bonds is 4. The second kappa shape index (κ2) is 9.03. The molecule has 1 unspecified atom stereocenters. The van der Waals surface area contributed by atoms with Gasteiger partial charge in [-0.3, -0.25) is 0 Å². The van der Waals surface area contributed by atoms with E-state index in [1.807, 2.05) is 0 Å². The summed E-state index contributed by atoms with van der Waals surface area (Å²) in [6, 6.07) is 10.8. The molecular formula is C29H46NO3P. The maximum Gasteiger partial charge on any atom is 0.373 e. The van der Waals surface area contributed by atoms with E-state index in [4.69, 9.17) is 4.52 Å². The minimum absolute atomic E-state index is 0.0227. The molecule has 0 saturated heterocycles. The minimum atomic E-state index is -3.78. The fourth-order valence-electron chi connectivity index (χ4n) is 3.70. The topological polar surface area (TPSA) is 58.6 Å². The van der Waals surface area contributed by atoms with Crippen molar-refractivity contribution in [2.24, 2.45) is 0 Å². The van der Waals surface area contributed by atoms with Crippen molar-refractivity contribution >= 4 is 19.0 Å².